The van der Waals surface area contributed by atoms with Crippen LogP contribution < -0.4 is 0 Å². The Labute approximate surface area is 116 Å². The van der Waals surface area contributed by atoms with Crippen molar-refractivity contribution in [3.8, 4) is 0 Å². The van der Waals surface area contributed by atoms with Crippen molar-refractivity contribution in [3.05, 3.63) is 34.1 Å². The number of halogens is 2. The molecule has 0 radical (unpaired) electrons. The summed E-state index contributed by atoms with van der Waals surface area (Å²) in [4.78, 5) is 2.38. The van der Waals surface area contributed by atoms with Crippen LogP contribution in [-0.2, 0) is 11.3 Å². The van der Waals surface area contributed by atoms with Crippen molar-refractivity contribution in [1.82, 2.24) is 4.90 Å². The molecule has 100 valence electrons. The van der Waals surface area contributed by atoms with E-state index in [1.807, 2.05) is 6.07 Å². The molecule has 0 aromatic heterocycles. The maximum atomic E-state index is 13.4. The van der Waals surface area contributed by atoms with E-state index < -0.39 is 0 Å². The highest BCUT2D eigenvalue weighted by Gasteiger charge is 2.25. The molecular formula is C14H19BrFNO. The van der Waals surface area contributed by atoms with Gasteiger partial charge in [-0.05, 0) is 37.1 Å². The van der Waals surface area contributed by atoms with Crippen LogP contribution in [0.1, 0.15) is 25.8 Å². The summed E-state index contributed by atoms with van der Waals surface area (Å²) in [5.41, 5.74) is 1.01. The maximum absolute atomic E-state index is 13.4. The molecule has 1 aromatic rings. The number of ether oxygens (including phenoxy) is 1. The van der Waals surface area contributed by atoms with E-state index in [0.29, 0.717) is 6.04 Å². The minimum Gasteiger partial charge on any atom is -0.376 e. The van der Waals surface area contributed by atoms with Crippen LogP contribution in [0.25, 0.3) is 0 Å². The topological polar surface area (TPSA) is 12.5 Å². The Morgan fingerprint density at radius 1 is 1.44 bits per heavy atom. The van der Waals surface area contributed by atoms with E-state index in [4.69, 9.17) is 4.74 Å². The summed E-state index contributed by atoms with van der Waals surface area (Å²) in [6, 6.07) is 5.51. The quantitative estimate of drug-likeness (QED) is 0.845. The third kappa shape index (κ3) is 3.53. The molecule has 2 rings (SSSR count). The second-order valence-corrected chi connectivity index (χ2v) is 5.83. The largest absolute Gasteiger partial charge is 0.376 e. The molecular weight excluding hydrogens is 297 g/mol. The Balaban J connectivity index is 2.10. The fourth-order valence-corrected chi connectivity index (χ4v) is 2.93. The van der Waals surface area contributed by atoms with E-state index in [-0.39, 0.29) is 11.9 Å². The summed E-state index contributed by atoms with van der Waals surface area (Å²) in [5.74, 6) is -0.186. The van der Waals surface area contributed by atoms with Crippen LogP contribution in [-0.4, -0.2) is 30.2 Å². The average Bonchev–Trinajstić information content (AvgIpc) is 2.27. The van der Waals surface area contributed by atoms with Crippen molar-refractivity contribution in [2.75, 3.05) is 13.2 Å². The number of hydrogen-bond donors (Lipinski definition) is 0. The lowest BCUT2D eigenvalue weighted by Crippen LogP contribution is -2.47. The van der Waals surface area contributed by atoms with Crippen LogP contribution >= 0.6 is 15.9 Å². The molecule has 0 N–H and O–H groups in total. The van der Waals surface area contributed by atoms with Crippen molar-refractivity contribution < 1.29 is 9.13 Å². The molecule has 2 unspecified atom stereocenters. The van der Waals surface area contributed by atoms with Gasteiger partial charge in [0.2, 0.25) is 0 Å². The Kier molecular flexibility index (Phi) is 4.76. The highest BCUT2D eigenvalue weighted by molar-refractivity contribution is 9.10. The predicted molar refractivity (Wildman–Crippen MR) is 74.0 cm³/mol. The summed E-state index contributed by atoms with van der Waals surface area (Å²) < 4.78 is 19.8. The second kappa shape index (κ2) is 6.13. The van der Waals surface area contributed by atoms with Crippen LogP contribution in [0.4, 0.5) is 4.39 Å². The van der Waals surface area contributed by atoms with Crippen molar-refractivity contribution in [3.63, 3.8) is 0 Å². The Morgan fingerprint density at radius 3 is 2.89 bits per heavy atom. The first kappa shape index (κ1) is 14.0. The highest BCUT2D eigenvalue weighted by atomic mass is 79.9. The molecule has 18 heavy (non-hydrogen) atoms. The van der Waals surface area contributed by atoms with Gasteiger partial charge in [-0.2, -0.15) is 0 Å². The second-order valence-electron chi connectivity index (χ2n) is 4.91. The monoisotopic (exact) mass is 315 g/mol. The lowest BCUT2D eigenvalue weighted by molar-refractivity contribution is -0.0592. The molecule has 4 heteroatoms. The zero-order valence-corrected chi connectivity index (χ0v) is 12.4. The van der Waals surface area contributed by atoms with E-state index in [1.165, 1.54) is 6.07 Å². The summed E-state index contributed by atoms with van der Waals surface area (Å²) in [5, 5.41) is 0. The van der Waals surface area contributed by atoms with Crippen LogP contribution in [0.2, 0.25) is 0 Å². The number of nitrogens with zero attached hydrogens (tertiary/aromatic N) is 1. The molecule has 1 fully saturated rings. The van der Waals surface area contributed by atoms with Gasteiger partial charge in [0.25, 0.3) is 0 Å². The van der Waals surface area contributed by atoms with Gasteiger partial charge in [0.05, 0.1) is 12.7 Å². The third-order valence-corrected chi connectivity index (χ3v) is 3.82. The van der Waals surface area contributed by atoms with Gasteiger partial charge >= 0.3 is 0 Å². The van der Waals surface area contributed by atoms with E-state index in [1.54, 1.807) is 6.07 Å². The lowest BCUT2D eigenvalue weighted by atomic mass is 10.1. The third-order valence-electron chi connectivity index (χ3n) is 3.36. The molecule has 0 bridgehead atoms. The summed E-state index contributed by atoms with van der Waals surface area (Å²) in [6.45, 7) is 6.71. The fraction of sp³-hybridized carbons (Fsp3) is 0.571. The van der Waals surface area contributed by atoms with Crippen molar-refractivity contribution in [1.29, 1.82) is 0 Å². The first-order valence-corrected chi connectivity index (χ1v) is 7.18. The summed E-state index contributed by atoms with van der Waals surface area (Å²) in [7, 11) is 0. The summed E-state index contributed by atoms with van der Waals surface area (Å²) >= 11 is 3.34. The number of rotatable bonds is 3. The average molecular weight is 316 g/mol. The number of hydrogen-bond acceptors (Lipinski definition) is 2. The molecule has 0 amide bonds. The molecule has 1 aliphatic heterocycles. The van der Waals surface area contributed by atoms with E-state index in [2.05, 4.69) is 34.7 Å². The lowest BCUT2D eigenvalue weighted by Gasteiger charge is -2.38. The SMILES string of the molecule is CCC1COC(C)CN1Cc1cc(F)cc(Br)c1. The summed E-state index contributed by atoms with van der Waals surface area (Å²) in [6.07, 6.45) is 1.31. The van der Waals surface area contributed by atoms with Crippen LogP contribution in [0.5, 0.6) is 0 Å². The minimum absolute atomic E-state index is 0.186. The van der Waals surface area contributed by atoms with Crippen LogP contribution in [0.3, 0.4) is 0 Å². The van der Waals surface area contributed by atoms with Gasteiger partial charge in [-0.1, -0.05) is 22.9 Å². The van der Waals surface area contributed by atoms with Gasteiger partial charge in [0.1, 0.15) is 5.82 Å². The van der Waals surface area contributed by atoms with Crippen LogP contribution in [0.15, 0.2) is 22.7 Å². The van der Waals surface area contributed by atoms with Crippen LogP contribution in [0, 0.1) is 5.82 Å². The smallest absolute Gasteiger partial charge is 0.124 e. The molecule has 0 saturated carbocycles. The van der Waals surface area contributed by atoms with E-state index in [9.17, 15) is 4.39 Å². The first-order valence-electron chi connectivity index (χ1n) is 6.39. The van der Waals surface area contributed by atoms with Gasteiger partial charge in [-0.15, -0.1) is 0 Å². The van der Waals surface area contributed by atoms with E-state index in [0.717, 1.165) is 36.2 Å². The molecule has 1 saturated heterocycles. The van der Waals surface area contributed by atoms with Gasteiger partial charge < -0.3 is 4.74 Å². The fourth-order valence-electron chi connectivity index (χ4n) is 2.42. The first-order chi connectivity index (χ1) is 8.58. The molecule has 1 aliphatic rings. The van der Waals surface area contributed by atoms with Crippen molar-refractivity contribution in [2.45, 2.75) is 39.0 Å². The minimum atomic E-state index is -0.186. The molecule has 0 spiro atoms. The van der Waals surface area contributed by atoms with Crippen molar-refractivity contribution >= 4 is 15.9 Å². The molecule has 1 heterocycles. The Hall–Kier alpha value is -0.450. The molecule has 2 nitrogen and oxygen atoms in total. The Morgan fingerprint density at radius 2 is 2.22 bits per heavy atom. The Bertz CT molecular complexity index is 393. The zero-order valence-electron chi connectivity index (χ0n) is 10.8. The molecule has 1 aromatic carbocycles. The van der Waals surface area contributed by atoms with Crippen molar-refractivity contribution in [2.24, 2.45) is 0 Å². The molecule has 0 aliphatic carbocycles. The zero-order chi connectivity index (χ0) is 13.1. The standard InChI is InChI=1S/C14H19BrFNO/c1-3-14-9-18-10(2)7-17(14)8-11-4-12(15)6-13(16)5-11/h4-6,10,14H,3,7-9H2,1-2H3. The van der Waals surface area contributed by atoms with Gasteiger partial charge in [-0.3, -0.25) is 4.90 Å². The van der Waals surface area contributed by atoms with Gasteiger partial charge in [0, 0.05) is 23.6 Å². The normalized spacial score (nSPS) is 25.3. The predicted octanol–water partition coefficient (Wildman–Crippen LogP) is 3.59. The molecule has 2 atom stereocenters. The van der Waals surface area contributed by atoms with E-state index >= 15 is 0 Å². The highest BCUT2D eigenvalue weighted by Crippen LogP contribution is 2.20. The number of benzene rings is 1. The number of morpholine rings is 1. The van der Waals surface area contributed by atoms with Gasteiger partial charge in [-0.25, -0.2) is 4.39 Å². The maximum Gasteiger partial charge on any atom is 0.124 e. The van der Waals surface area contributed by atoms with Gasteiger partial charge in [0.15, 0.2) is 0 Å².